The largest absolute Gasteiger partial charge is 0.497 e. The first kappa shape index (κ1) is 21.3. The van der Waals surface area contributed by atoms with Gasteiger partial charge < -0.3 is 15.0 Å². The third-order valence-electron chi connectivity index (χ3n) is 5.05. The van der Waals surface area contributed by atoms with Crippen LogP contribution in [0.25, 0.3) is 0 Å². The van der Waals surface area contributed by atoms with E-state index < -0.39 is 4.92 Å². The number of hydrogen-bond donors (Lipinski definition) is 1. The van der Waals surface area contributed by atoms with Crippen LogP contribution in [0.4, 0.5) is 5.69 Å². The summed E-state index contributed by atoms with van der Waals surface area (Å²) in [5.41, 5.74) is 0.989. The number of methoxy groups -OCH3 is 1. The van der Waals surface area contributed by atoms with Gasteiger partial charge in [0.1, 0.15) is 5.75 Å². The van der Waals surface area contributed by atoms with E-state index in [0.717, 1.165) is 0 Å². The van der Waals surface area contributed by atoms with E-state index in [9.17, 15) is 19.7 Å². The molecular weight excluding hydrogens is 388 g/mol. The van der Waals surface area contributed by atoms with E-state index >= 15 is 0 Å². The lowest BCUT2D eigenvalue weighted by molar-refractivity contribution is -0.384. The Labute approximate surface area is 174 Å². The van der Waals surface area contributed by atoms with Crippen LogP contribution in [0.15, 0.2) is 48.5 Å². The van der Waals surface area contributed by atoms with Gasteiger partial charge in [0.2, 0.25) is 0 Å². The molecule has 0 aliphatic carbocycles. The Bertz CT molecular complexity index is 891. The van der Waals surface area contributed by atoms with Crippen LogP contribution >= 0.6 is 0 Å². The summed E-state index contributed by atoms with van der Waals surface area (Å²) in [7, 11) is 1.58. The Hall–Kier alpha value is -3.46. The highest BCUT2D eigenvalue weighted by molar-refractivity contribution is 5.95. The fourth-order valence-corrected chi connectivity index (χ4v) is 3.25. The van der Waals surface area contributed by atoms with Crippen LogP contribution in [0.1, 0.15) is 20.7 Å². The minimum absolute atomic E-state index is 0.0342. The van der Waals surface area contributed by atoms with Crippen LogP contribution in [0.5, 0.6) is 5.75 Å². The van der Waals surface area contributed by atoms with E-state index in [1.165, 1.54) is 24.3 Å². The van der Waals surface area contributed by atoms with Crippen LogP contribution in [0.3, 0.4) is 0 Å². The van der Waals surface area contributed by atoms with E-state index in [2.05, 4.69) is 10.2 Å². The number of carbonyl (C=O) groups is 2. The van der Waals surface area contributed by atoms with Gasteiger partial charge in [-0.1, -0.05) is 0 Å². The zero-order chi connectivity index (χ0) is 21.5. The first-order chi connectivity index (χ1) is 14.5. The molecule has 0 atom stereocenters. The molecule has 1 saturated heterocycles. The van der Waals surface area contributed by atoms with Crippen molar-refractivity contribution in [2.45, 2.75) is 0 Å². The van der Waals surface area contributed by atoms with Crippen LogP contribution in [0.2, 0.25) is 0 Å². The summed E-state index contributed by atoms with van der Waals surface area (Å²) in [6, 6.07) is 12.6. The Morgan fingerprint density at radius 3 is 2.17 bits per heavy atom. The molecule has 1 N–H and O–H groups in total. The van der Waals surface area contributed by atoms with Gasteiger partial charge in [-0.05, 0) is 36.4 Å². The highest BCUT2D eigenvalue weighted by Crippen LogP contribution is 2.15. The zero-order valence-corrected chi connectivity index (χ0v) is 16.7. The minimum Gasteiger partial charge on any atom is -0.497 e. The quantitative estimate of drug-likeness (QED) is 0.549. The van der Waals surface area contributed by atoms with E-state index in [1.807, 2.05) is 0 Å². The molecule has 158 valence electrons. The summed E-state index contributed by atoms with van der Waals surface area (Å²) >= 11 is 0. The molecule has 1 aliphatic rings. The number of rotatable bonds is 7. The van der Waals surface area contributed by atoms with E-state index in [4.69, 9.17) is 4.74 Å². The Morgan fingerprint density at radius 2 is 1.60 bits per heavy atom. The second-order valence-electron chi connectivity index (χ2n) is 6.92. The Balaban J connectivity index is 1.41. The van der Waals surface area contributed by atoms with E-state index in [-0.39, 0.29) is 17.5 Å². The molecule has 9 heteroatoms. The average molecular weight is 412 g/mol. The van der Waals surface area contributed by atoms with Gasteiger partial charge in [-0.3, -0.25) is 24.6 Å². The number of nitrogens with one attached hydrogen (secondary N) is 1. The third-order valence-corrected chi connectivity index (χ3v) is 5.05. The standard InChI is InChI=1S/C21H24N4O5/c1-30-19-8-4-16(5-9-19)20(26)22-10-11-23-12-14-24(15-13-23)21(27)17-2-6-18(7-3-17)25(28)29/h2-9H,10-15H2,1H3,(H,22,26). The van der Waals surface area contributed by atoms with E-state index in [1.54, 1.807) is 36.3 Å². The summed E-state index contributed by atoms with van der Waals surface area (Å²) in [6.45, 7) is 3.77. The van der Waals surface area contributed by atoms with Gasteiger partial charge in [0, 0.05) is 62.5 Å². The molecule has 2 amide bonds. The lowest BCUT2D eigenvalue weighted by atomic mass is 10.1. The van der Waals surface area contributed by atoms with E-state index in [0.29, 0.717) is 56.1 Å². The molecule has 3 rings (SSSR count). The molecular formula is C21H24N4O5. The Morgan fingerprint density at radius 1 is 1.00 bits per heavy atom. The maximum atomic E-state index is 12.6. The smallest absolute Gasteiger partial charge is 0.269 e. The van der Waals surface area contributed by atoms with Gasteiger partial charge in [0.25, 0.3) is 17.5 Å². The number of nitrogens with zero attached hydrogens (tertiary/aromatic N) is 3. The topological polar surface area (TPSA) is 105 Å². The van der Waals surface area contributed by atoms with Crippen LogP contribution < -0.4 is 10.1 Å². The monoisotopic (exact) mass is 412 g/mol. The number of amides is 2. The van der Waals surface area contributed by atoms with Gasteiger partial charge in [-0.25, -0.2) is 0 Å². The van der Waals surface area contributed by atoms with Crippen molar-refractivity contribution in [2.24, 2.45) is 0 Å². The molecule has 1 aliphatic heterocycles. The molecule has 0 saturated carbocycles. The van der Waals surface area contributed by atoms with Gasteiger partial charge in [0.05, 0.1) is 12.0 Å². The fraction of sp³-hybridized carbons (Fsp3) is 0.333. The molecule has 0 aromatic heterocycles. The van der Waals surface area contributed by atoms with Crippen molar-refractivity contribution in [1.82, 2.24) is 15.1 Å². The van der Waals surface area contributed by atoms with Crippen molar-refractivity contribution in [3.63, 3.8) is 0 Å². The SMILES string of the molecule is COc1ccc(C(=O)NCCN2CCN(C(=O)c3ccc([N+](=O)[O-])cc3)CC2)cc1. The number of hydrogen-bond acceptors (Lipinski definition) is 6. The molecule has 0 spiro atoms. The summed E-state index contributed by atoms with van der Waals surface area (Å²) in [5, 5.41) is 13.6. The maximum absolute atomic E-state index is 12.6. The van der Waals surface area contributed by atoms with Gasteiger partial charge in [0.15, 0.2) is 0 Å². The number of piperazine rings is 1. The van der Waals surface area contributed by atoms with Crippen molar-refractivity contribution in [2.75, 3.05) is 46.4 Å². The molecule has 2 aromatic carbocycles. The average Bonchev–Trinajstić information content (AvgIpc) is 2.79. The number of nitro groups is 1. The summed E-state index contributed by atoms with van der Waals surface area (Å²) in [5.74, 6) is 0.440. The molecule has 0 radical (unpaired) electrons. The second-order valence-corrected chi connectivity index (χ2v) is 6.92. The fourth-order valence-electron chi connectivity index (χ4n) is 3.25. The summed E-state index contributed by atoms with van der Waals surface area (Å²) in [4.78, 5) is 38.9. The number of carbonyl (C=O) groups excluding carboxylic acids is 2. The maximum Gasteiger partial charge on any atom is 0.269 e. The molecule has 9 nitrogen and oxygen atoms in total. The lowest BCUT2D eigenvalue weighted by Gasteiger charge is -2.34. The predicted molar refractivity (Wildman–Crippen MR) is 111 cm³/mol. The van der Waals surface area contributed by atoms with Crippen molar-refractivity contribution < 1.29 is 19.2 Å². The van der Waals surface area contributed by atoms with Crippen molar-refractivity contribution >= 4 is 17.5 Å². The lowest BCUT2D eigenvalue weighted by Crippen LogP contribution is -2.50. The number of benzene rings is 2. The normalized spacial score (nSPS) is 14.2. The van der Waals surface area contributed by atoms with Crippen LogP contribution in [-0.4, -0.2) is 72.9 Å². The van der Waals surface area contributed by atoms with Gasteiger partial charge in [-0.15, -0.1) is 0 Å². The van der Waals surface area contributed by atoms with Crippen molar-refractivity contribution in [1.29, 1.82) is 0 Å². The summed E-state index contributed by atoms with van der Waals surface area (Å²) in [6.07, 6.45) is 0. The van der Waals surface area contributed by atoms with Crippen LogP contribution in [-0.2, 0) is 0 Å². The molecule has 1 fully saturated rings. The number of ether oxygens (including phenoxy) is 1. The molecule has 1 heterocycles. The second kappa shape index (κ2) is 9.84. The third kappa shape index (κ3) is 5.32. The highest BCUT2D eigenvalue weighted by Gasteiger charge is 2.22. The minimum atomic E-state index is -0.486. The molecule has 2 aromatic rings. The van der Waals surface area contributed by atoms with Crippen molar-refractivity contribution in [3.05, 3.63) is 69.8 Å². The number of nitro benzene ring substituents is 1. The predicted octanol–water partition coefficient (Wildman–Crippen LogP) is 1.79. The van der Waals surface area contributed by atoms with Gasteiger partial charge >= 0.3 is 0 Å². The number of non-ortho nitro benzene ring substituents is 1. The molecule has 30 heavy (non-hydrogen) atoms. The van der Waals surface area contributed by atoms with Gasteiger partial charge in [-0.2, -0.15) is 0 Å². The van der Waals surface area contributed by atoms with Crippen molar-refractivity contribution in [3.8, 4) is 5.75 Å². The van der Waals surface area contributed by atoms with Crippen LogP contribution in [0, 0.1) is 10.1 Å². The molecule has 0 unspecified atom stereocenters. The molecule has 0 bridgehead atoms. The zero-order valence-electron chi connectivity index (χ0n) is 16.7. The first-order valence-corrected chi connectivity index (χ1v) is 9.66. The Kier molecular flexibility index (Phi) is 6.97. The highest BCUT2D eigenvalue weighted by atomic mass is 16.6. The first-order valence-electron chi connectivity index (χ1n) is 9.66. The summed E-state index contributed by atoms with van der Waals surface area (Å²) < 4.78 is 5.08.